The number of nitrogens with two attached hydrogens (primary N) is 1. The second-order valence-corrected chi connectivity index (χ2v) is 6.08. The number of nitrogens with zero attached hydrogens (tertiary/aromatic N) is 1. The fourth-order valence-electron chi connectivity index (χ4n) is 2.05. The standard InChI is InChI=1S/C15H18BrFN2/c1-10(2)15(18)12-3-4-19(9-12)8-11-5-13(16)7-14(17)6-11/h3-7,9-10,15H,8,18H2,1-2H3. The summed E-state index contributed by atoms with van der Waals surface area (Å²) in [4.78, 5) is 0. The van der Waals surface area contributed by atoms with Crippen LogP contribution in [0.2, 0.25) is 0 Å². The molecule has 102 valence electrons. The highest BCUT2D eigenvalue weighted by molar-refractivity contribution is 9.10. The molecule has 0 fully saturated rings. The molecule has 2 rings (SSSR count). The highest BCUT2D eigenvalue weighted by atomic mass is 79.9. The number of aromatic nitrogens is 1. The van der Waals surface area contributed by atoms with Gasteiger partial charge in [-0.3, -0.25) is 0 Å². The molecule has 0 radical (unpaired) electrons. The summed E-state index contributed by atoms with van der Waals surface area (Å²) in [6, 6.07) is 7.00. The quantitative estimate of drug-likeness (QED) is 0.902. The predicted octanol–water partition coefficient (Wildman–Crippen LogP) is 4.09. The number of rotatable bonds is 4. The van der Waals surface area contributed by atoms with E-state index >= 15 is 0 Å². The molecule has 2 aromatic rings. The van der Waals surface area contributed by atoms with Crippen LogP contribution in [0, 0.1) is 11.7 Å². The molecular formula is C15H18BrFN2. The van der Waals surface area contributed by atoms with Gasteiger partial charge < -0.3 is 10.3 Å². The van der Waals surface area contributed by atoms with Crippen molar-refractivity contribution in [1.29, 1.82) is 0 Å². The second kappa shape index (κ2) is 5.88. The molecule has 0 aliphatic heterocycles. The van der Waals surface area contributed by atoms with E-state index in [1.807, 2.05) is 29.1 Å². The molecule has 1 aromatic carbocycles. The zero-order valence-electron chi connectivity index (χ0n) is 11.1. The monoisotopic (exact) mass is 324 g/mol. The molecule has 4 heteroatoms. The summed E-state index contributed by atoms with van der Waals surface area (Å²) in [5.41, 5.74) is 8.15. The van der Waals surface area contributed by atoms with Gasteiger partial charge in [0.05, 0.1) is 0 Å². The number of benzene rings is 1. The van der Waals surface area contributed by atoms with Gasteiger partial charge in [-0.25, -0.2) is 4.39 Å². The molecule has 0 amide bonds. The van der Waals surface area contributed by atoms with Crippen LogP contribution in [0.3, 0.4) is 0 Å². The molecule has 0 aliphatic carbocycles. The predicted molar refractivity (Wildman–Crippen MR) is 79.4 cm³/mol. The number of hydrogen-bond acceptors (Lipinski definition) is 1. The fraction of sp³-hybridized carbons (Fsp3) is 0.333. The van der Waals surface area contributed by atoms with Crippen molar-refractivity contribution in [2.75, 3.05) is 0 Å². The van der Waals surface area contributed by atoms with Gasteiger partial charge in [0.25, 0.3) is 0 Å². The van der Waals surface area contributed by atoms with Gasteiger partial charge in [0.2, 0.25) is 0 Å². The van der Waals surface area contributed by atoms with Crippen molar-refractivity contribution in [3.05, 3.63) is 58.1 Å². The smallest absolute Gasteiger partial charge is 0.124 e. The molecule has 2 N–H and O–H groups in total. The van der Waals surface area contributed by atoms with E-state index in [0.29, 0.717) is 12.5 Å². The Morgan fingerprint density at radius 3 is 2.68 bits per heavy atom. The summed E-state index contributed by atoms with van der Waals surface area (Å²) in [6.45, 7) is 4.85. The summed E-state index contributed by atoms with van der Waals surface area (Å²) in [5.74, 6) is 0.176. The van der Waals surface area contributed by atoms with Crippen LogP contribution in [0.4, 0.5) is 4.39 Å². The van der Waals surface area contributed by atoms with Gasteiger partial charge in [-0.2, -0.15) is 0 Å². The first-order valence-electron chi connectivity index (χ1n) is 6.32. The molecule has 19 heavy (non-hydrogen) atoms. The van der Waals surface area contributed by atoms with Crippen LogP contribution in [0.15, 0.2) is 41.1 Å². The average Bonchev–Trinajstić information content (AvgIpc) is 2.74. The Morgan fingerprint density at radius 2 is 2.05 bits per heavy atom. The van der Waals surface area contributed by atoms with E-state index in [1.165, 1.54) is 6.07 Å². The van der Waals surface area contributed by atoms with E-state index in [4.69, 9.17) is 5.73 Å². The molecule has 0 saturated heterocycles. The molecule has 1 atom stereocenters. The average molecular weight is 325 g/mol. The zero-order valence-corrected chi connectivity index (χ0v) is 12.7. The Morgan fingerprint density at radius 1 is 1.32 bits per heavy atom. The molecule has 0 aliphatic rings. The molecule has 1 heterocycles. The lowest BCUT2D eigenvalue weighted by molar-refractivity contribution is 0.513. The van der Waals surface area contributed by atoms with Gasteiger partial charge in [0, 0.05) is 29.5 Å². The first-order chi connectivity index (χ1) is 8.95. The SMILES string of the molecule is CC(C)C(N)c1ccn(Cc2cc(F)cc(Br)c2)c1. The van der Waals surface area contributed by atoms with Crippen molar-refractivity contribution in [3.63, 3.8) is 0 Å². The van der Waals surface area contributed by atoms with E-state index in [0.717, 1.165) is 15.6 Å². The van der Waals surface area contributed by atoms with E-state index < -0.39 is 0 Å². The third-order valence-electron chi connectivity index (χ3n) is 3.16. The van der Waals surface area contributed by atoms with Crippen LogP contribution < -0.4 is 5.73 Å². The van der Waals surface area contributed by atoms with Crippen molar-refractivity contribution < 1.29 is 4.39 Å². The normalized spacial score (nSPS) is 12.9. The minimum atomic E-state index is -0.226. The van der Waals surface area contributed by atoms with Crippen molar-refractivity contribution in [2.45, 2.75) is 26.4 Å². The Balaban J connectivity index is 2.15. The maximum absolute atomic E-state index is 13.3. The molecule has 1 unspecified atom stereocenters. The van der Waals surface area contributed by atoms with Crippen LogP contribution in [-0.2, 0) is 6.54 Å². The molecule has 2 nitrogen and oxygen atoms in total. The van der Waals surface area contributed by atoms with Crippen LogP contribution in [0.25, 0.3) is 0 Å². The topological polar surface area (TPSA) is 30.9 Å². The molecule has 0 spiro atoms. The highest BCUT2D eigenvalue weighted by Gasteiger charge is 2.11. The first-order valence-corrected chi connectivity index (χ1v) is 7.11. The lowest BCUT2D eigenvalue weighted by Crippen LogP contribution is -2.15. The second-order valence-electron chi connectivity index (χ2n) is 5.16. The lowest BCUT2D eigenvalue weighted by Gasteiger charge is -2.13. The van der Waals surface area contributed by atoms with E-state index in [1.54, 1.807) is 6.07 Å². The van der Waals surface area contributed by atoms with E-state index in [9.17, 15) is 4.39 Å². The maximum atomic E-state index is 13.3. The number of halogens is 2. The third kappa shape index (κ3) is 3.67. The Bertz CT molecular complexity index is 543. The third-order valence-corrected chi connectivity index (χ3v) is 3.62. The van der Waals surface area contributed by atoms with E-state index in [-0.39, 0.29) is 11.9 Å². The molecular weight excluding hydrogens is 307 g/mol. The first kappa shape index (κ1) is 14.3. The Labute approximate surface area is 121 Å². The van der Waals surface area contributed by atoms with Crippen LogP contribution in [-0.4, -0.2) is 4.57 Å². The van der Waals surface area contributed by atoms with Crippen LogP contribution in [0.5, 0.6) is 0 Å². The van der Waals surface area contributed by atoms with Gasteiger partial charge in [-0.15, -0.1) is 0 Å². The van der Waals surface area contributed by atoms with Gasteiger partial charge in [-0.05, 0) is 41.3 Å². The summed E-state index contributed by atoms with van der Waals surface area (Å²) in [7, 11) is 0. The molecule has 0 saturated carbocycles. The van der Waals surface area contributed by atoms with Gasteiger partial charge >= 0.3 is 0 Å². The summed E-state index contributed by atoms with van der Waals surface area (Å²) in [5, 5.41) is 0. The Hall–Kier alpha value is -1.13. The number of hydrogen-bond donors (Lipinski definition) is 1. The lowest BCUT2D eigenvalue weighted by atomic mass is 10.00. The van der Waals surface area contributed by atoms with Crippen LogP contribution in [0.1, 0.15) is 31.0 Å². The summed E-state index contributed by atoms with van der Waals surface area (Å²) >= 11 is 3.30. The van der Waals surface area contributed by atoms with Gasteiger partial charge in [0.15, 0.2) is 0 Å². The fourth-order valence-corrected chi connectivity index (χ4v) is 2.57. The largest absolute Gasteiger partial charge is 0.350 e. The minimum absolute atomic E-state index is 0.0421. The molecule has 1 aromatic heterocycles. The van der Waals surface area contributed by atoms with Crippen molar-refractivity contribution >= 4 is 15.9 Å². The van der Waals surface area contributed by atoms with Crippen molar-refractivity contribution in [2.24, 2.45) is 11.7 Å². The van der Waals surface area contributed by atoms with Crippen molar-refractivity contribution in [1.82, 2.24) is 4.57 Å². The summed E-state index contributed by atoms with van der Waals surface area (Å²) in [6.07, 6.45) is 4.01. The van der Waals surface area contributed by atoms with E-state index in [2.05, 4.69) is 29.8 Å². The van der Waals surface area contributed by atoms with Gasteiger partial charge in [0.1, 0.15) is 5.82 Å². The maximum Gasteiger partial charge on any atom is 0.124 e. The van der Waals surface area contributed by atoms with Crippen LogP contribution >= 0.6 is 15.9 Å². The Kier molecular flexibility index (Phi) is 4.42. The highest BCUT2D eigenvalue weighted by Crippen LogP contribution is 2.20. The zero-order chi connectivity index (χ0) is 14.0. The molecule has 0 bridgehead atoms. The summed E-state index contributed by atoms with van der Waals surface area (Å²) < 4.78 is 16.1. The minimum Gasteiger partial charge on any atom is -0.350 e. The van der Waals surface area contributed by atoms with Crippen molar-refractivity contribution in [3.8, 4) is 0 Å². The van der Waals surface area contributed by atoms with Gasteiger partial charge in [-0.1, -0.05) is 29.8 Å².